The van der Waals surface area contributed by atoms with Gasteiger partial charge in [0.1, 0.15) is 0 Å². The Labute approximate surface area is 126 Å². The maximum atomic E-state index is 3.84. The highest BCUT2D eigenvalue weighted by Gasteiger charge is 2.15. The molecule has 0 aliphatic heterocycles. The zero-order valence-electron chi connectivity index (χ0n) is 13.9. The molecule has 1 N–H and O–H groups in total. The second-order valence-electron chi connectivity index (χ2n) is 6.51. The highest BCUT2D eigenvalue weighted by atomic mass is 14.9. The Morgan fingerprint density at radius 3 is 2.25 bits per heavy atom. The molecule has 2 unspecified atom stereocenters. The molecule has 0 spiro atoms. The van der Waals surface area contributed by atoms with Crippen molar-refractivity contribution in [3.63, 3.8) is 0 Å². The van der Waals surface area contributed by atoms with Crippen LogP contribution in [0, 0.1) is 5.92 Å². The second kappa shape index (κ2) is 9.99. The Kier molecular flexibility index (Phi) is 8.60. The summed E-state index contributed by atoms with van der Waals surface area (Å²) in [6, 6.07) is 12.0. The van der Waals surface area contributed by atoms with E-state index in [9.17, 15) is 0 Å². The third-order valence-electron chi connectivity index (χ3n) is 3.89. The number of hydrogen-bond acceptors (Lipinski definition) is 1. The van der Waals surface area contributed by atoms with Gasteiger partial charge in [-0.1, -0.05) is 76.8 Å². The van der Waals surface area contributed by atoms with Gasteiger partial charge in [-0.2, -0.15) is 0 Å². The molecule has 0 saturated carbocycles. The molecule has 1 rings (SSSR count). The average molecular weight is 275 g/mol. The summed E-state index contributed by atoms with van der Waals surface area (Å²) in [7, 11) is 0. The minimum Gasteiger partial charge on any atom is -0.307 e. The first kappa shape index (κ1) is 17.2. The molecule has 0 bridgehead atoms. The van der Waals surface area contributed by atoms with Crippen LogP contribution in [0.2, 0.25) is 0 Å². The molecule has 1 aromatic carbocycles. The van der Waals surface area contributed by atoms with Crippen molar-refractivity contribution >= 4 is 0 Å². The van der Waals surface area contributed by atoms with Gasteiger partial charge < -0.3 is 5.32 Å². The van der Waals surface area contributed by atoms with E-state index < -0.39 is 0 Å². The van der Waals surface area contributed by atoms with Crippen molar-refractivity contribution < 1.29 is 0 Å². The van der Waals surface area contributed by atoms with Gasteiger partial charge in [0.25, 0.3) is 0 Å². The normalized spacial score (nSPS) is 14.4. The van der Waals surface area contributed by atoms with Crippen LogP contribution in [0.15, 0.2) is 30.3 Å². The van der Waals surface area contributed by atoms with Crippen molar-refractivity contribution in [2.45, 2.75) is 78.3 Å². The van der Waals surface area contributed by atoms with Crippen molar-refractivity contribution in [3.05, 3.63) is 35.9 Å². The van der Waals surface area contributed by atoms with Crippen molar-refractivity contribution in [2.24, 2.45) is 5.92 Å². The second-order valence-corrected chi connectivity index (χ2v) is 6.51. The Balaban J connectivity index is 2.48. The van der Waals surface area contributed by atoms with E-state index in [4.69, 9.17) is 0 Å². The van der Waals surface area contributed by atoms with Crippen molar-refractivity contribution in [2.75, 3.05) is 0 Å². The zero-order valence-corrected chi connectivity index (χ0v) is 13.9. The fraction of sp³-hybridized carbons (Fsp3) is 0.684. The smallest absolute Gasteiger partial charge is 0.0324 e. The van der Waals surface area contributed by atoms with E-state index in [1.54, 1.807) is 0 Å². The Bertz CT molecular complexity index is 331. The molecule has 0 fully saturated rings. The lowest BCUT2D eigenvalue weighted by Gasteiger charge is -2.25. The topological polar surface area (TPSA) is 12.0 Å². The Hall–Kier alpha value is -0.820. The van der Waals surface area contributed by atoms with Gasteiger partial charge >= 0.3 is 0 Å². The van der Waals surface area contributed by atoms with E-state index in [-0.39, 0.29) is 0 Å². The standard InChI is InChI=1S/C19H33N/c1-5-6-7-9-12-17(4)20-19(15-16(2)3)18-13-10-8-11-14-18/h8,10-11,13-14,16-17,19-20H,5-7,9,12,15H2,1-4H3. The van der Waals surface area contributed by atoms with Crippen LogP contribution in [-0.2, 0) is 0 Å². The Morgan fingerprint density at radius 1 is 0.950 bits per heavy atom. The summed E-state index contributed by atoms with van der Waals surface area (Å²) in [6.07, 6.45) is 7.93. The van der Waals surface area contributed by atoms with Crippen LogP contribution in [0.5, 0.6) is 0 Å². The lowest BCUT2D eigenvalue weighted by Crippen LogP contribution is -2.31. The summed E-state index contributed by atoms with van der Waals surface area (Å²) in [4.78, 5) is 0. The maximum Gasteiger partial charge on any atom is 0.0324 e. The Morgan fingerprint density at radius 2 is 1.65 bits per heavy atom. The summed E-state index contributed by atoms with van der Waals surface area (Å²) >= 11 is 0. The largest absolute Gasteiger partial charge is 0.307 e. The molecule has 0 aliphatic rings. The van der Waals surface area contributed by atoms with E-state index >= 15 is 0 Å². The van der Waals surface area contributed by atoms with E-state index in [1.165, 1.54) is 44.1 Å². The SMILES string of the molecule is CCCCCCC(C)NC(CC(C)C)c1ccccc1. The minimum absolute atomic E-state index is 0.498. The first-order chi connectivity index (χ1) is 9.63. The van der Waals surface area contributed by atoms with Gasteiger partial charge in [0, 0.05) is 12.1 Å². The summed E-state index contributed by atoms with van der Waals surface area (Å²) < 4.78 is 0. The van der Waals surface area contributed by atoms with E-state index in [0.717, 1.165) is 5.92 Å². The quantitative estimate of drug-likeness (QED) is 0.538. The average Bonchev–Trinajstić information content (AvgIpc) is 2.43. The molecule has 0 aliphatic carbocycles. The number of nitrogens with one attached hydrogen (secondary N) is 1. The number of unbranched alkanes of at least 4 members (excludes halogenated alkanes) is 3. The van der Waals surface area contributed by atoms with Gasteiger partial charge in [0.15, 0.2) is 0 Å². The minimum atomic E-state index is 0.498. The van der Waals surface area contributed by atoms with Crippen LogP contribution in [0.4, 0.5) is 0 Å². The van der Waals surface area contributed by atoms with Crippen molar-refractivity contribution in [1.82, 2.24) is 5.32 Å². The molecule has 0 radical (unpaired) electrons. The molecular formula is C19H33N. The molecule has 1 aromatic rings. The lowest BCUT2D eigenvalue weighted by molar-refractivity contribution is 0.371. The van der Waals surface area contributed by atoms with Gasteiger partial charge in [0.05, 0.1) is 0 Å². The van der Waals surface area contributed by atoms with Gasteiger partial charge in [-0.15, -0.1) is 0 Å². The molecule has 1 heteroatoms. The zero-order chi connectivity index (χ0) is 14.8. The third-order valence-corrected chi connectivity index (χ3v) is 3.89. The molecule has 1 nitrogen and oxygen atoms in total. The maximum absolute atomic E-state index is 3.84. The van der Waals surface area contributed by atoms with Crippen LogP contribution < -0.4 is 5.32 Å². The highest BCUT2D eigenvalue weighted by molar-refractivity contribution is 5.19. The molecule has 114 valence electrons. The number of hydrogen-bond donors (Lipinski definition) is 1. The predicted octanol–water partition coefficient (Wildman–Crippen LogP) is 5.72. The molecule has 20 heavy (non-hydrogen) atoms. The van der Waals surface area contributed by atoms with Crippen LogP contribution >= 0.6 is 0 Å². The molecular weight excluding hydrogens is 242 g/mol. The molecule has 0 amide bonds. The third kappa shape index (κ3) is 7.09. The van der Waals surface area contributed by atoms with Crippen molar-refractivity contribution in [3.8, 4) is 0 Å². The molecule has 2 atom stereocenters. The fourth-order valence-electron chi connectivity index (χ4n) is 2.76. The first-order valence-electron chi connectivity index (χ1n) is 8.44. The monoisotopic (exact) mass is 275 g/mol. The van der Waals surface area contributed by atoms with Crippen LogP contribution in [0.3, 0.4) is 0 Å². The van der Waals surface area contributed by atoms with Gasteiger partial charge in [-0.05, 0) is 31.2 Å². The van der Waals surface area contributed by atoms with Gasteiger partial charge in [0.2, 0.25) is 0 Å². The lowest BCUT2D eigenvalue weighted by atomic mass is 9.95. The predicted molar refractivity (Wildman–Crippen MR) is 90.0 cm³/mol. The number of benzene rings is 1. The highest BCUT2D eigenvalue weighted by Crippen LogP contribution is 2.22. The molecule has 0 heterocycles. The molecule has 0 saturated heterocycles. The molecule has 0 aromatic heterocycles. The van der Waals surface area contributed by atoms with Gasteiger partial charge in [-0.3, -0.25) is 0 Å². The summed E-state index contributed by atoms with van der Waals surface area (Å²) in [5.41, 5.74) is 1.43. The first-order valence-corrected chi connectivity index (χ1v) is 8.44. The fourth-order valence-corrected chi connectivity index (χ4v) is 2.76. The van der Waals surface area contributed by atoms with E-state index in [1.807, 2.05) is 0 Å². The van der Waals surface area contributed by atoms with E-state index in [2.05, 4.69) is 63.3 Å². The van der Waals surface area contributed by atoms with Crippen LogP contribution in [0.25, 0.3) is 0 Å². The van der Waals surface area contributed by atoms with Crippen LogP contribution in [-0.4, -0.2) is 6.04 Å². The summed E-state index contributed by atoms with van der Waals surface area (Å²) in [6.45, 7) is 9.23. The summed E-state index contributed by atoms with van der Waals surface area (Å²) in [5, 5.41) is 3.84. The van der Waals surface area contributed by atoms with Crippen LogP contribution in [0.1, 0.15) is 77.8 Å². The van der Waals surface area contributed by atoms with Crippen molar-refractivity contribution in [1.29, 1.82) is 0 Å². The summed E-state index contributed by atoms with van der Waals surface area (Å²) in [5.74, 6) is 0.722. The van der Waals surface area contributed by atoms with Gasteiger partial charge in [-0.25, -0.2) is 0 Å². The van der Waals surface area contributed by atoms with E-state index in [0.29, 0.717) is 12.1 Å². The number of rotatable bonds is 10.